The van der Waals surface area contributed by atoms with Crippen molar-refractivity contribution in [2.75, 3.05) is 5.32 Å². The van der Waals surface area contributed by atoms with E-state index >= 15 is 0 Å². The minimum atomic E-state index is -0.209. The van der Waals surface area contributed by atoms with Crippen LogP contribution in [0.3, 0.4) is 0 Å². The third-order valence-electron chi connectivity index (χ3n) is 2.71. The summed E-state index contributed by atoms with van der Waals surface area (Å²) in [5.41, 5.74) is 1.83. The summed E-state index contributed by atoms with van der Waals surface area (Å²) in [6.45, 7) is 4.55. The van der Waals surface area contributed by atoms with Crippen molar-refractivity contribution in [3.05, 3.63) is 53.2 Å². The molecule has 0 radical (unpaired) electrons. The molecule has 3 heteroatoms. The highest BCUT2D eigenvalue weighted by molar-refractivity contribution is 5.50. The number of anilines is 1. The first kappa shape index (κ1) is 11.7. The minimum absolute atomic E-state index is 0.209. The smallest absolute Gasteiger partial charge is 0.123 e. The van der Waals surface area contributed by atoms with Crippen LogP contribution in [0.2, 0.25) is 0 Å². The molecule has 1 heterocycles. The third kappa shape index (κ3) is 2.87. The lowest BCUT2D eigenvalue weighted by atomic mass is 10.2. The van der Waals surface area contributed by atoms with Crippen LogP contribution in [0, 0.1) is 12.7 Å². The van der Waals surface area contributed by atoms with Crippen LogP contribution in [0.15, 0.2) is 34.7 Å². The second-order valence-electron chi connectivity index (χ2n) is 4.03. The van der Waals surface area contributed by atoms with E-state index < -0.39 is 0 Å². The second-order valence-corrected chi connectivity index (χ2v) is 4.03. The molecule has 17 heavy (non-hydrogen) atoms. The fourth-order valence-corrected chi connectivity index (χ4v) is 1.72. The predicted molar refractivity (Wildman–Crippen MR) is 66.5 cm³/mol. The van der Waals surface area contributed by atoms with E-state index in [2.05, 4.69) is 12.2 Å². The van der Waals surface area contributed by atoms with Gasteiger partial charge in [0.25, 0.3) is 0 Å². The van der Waals surface area contributed by atoms with Gasteiger partial charge in [0.05, 0.1) is 6.54 Å². The summed E-state index contributed by atoms with van der Waals surface area (Å²) >= 11 is 0. The molecule has 0 spiro atoms. The van der Waals surface area contributed by atoms with Gasteiger partial charge in [-0.25, -0.2) is 4.39 Å². The molecule has 2 rings (SSSR count). The Bertz CT molecular complexity index is 505. The Labute approximate surface area is 100 Å². The van der Waals surface area contributed by atoms with Crippen molar-refractivity contribution >= 4 is 5.69 Å². The summed E-state index contributed by atoms with van der Waals surface area (Å²) in [5.74, 6) is 1.67. The SMILES string of the molecule is CCc1ccc(CNc2ccc(F)cc2C)o1. The molecule has 1 N–H and O–H groups in total. The number of halogens is 1. The van der Waals surface area contributed by atoms with Gasteiger partial charge in [0, 0.05) is 12.1 Å². The quantitative estimate of drug-likeness (QED) is 0.866. The molecule has 1 aromatic carbocycles. The zero-order valence-corrected chi connectivity index (χ0v) is 10.1. The maximum Gasteiger partial charge on any atom is 0.123 e. The number of hydrogen-bond acceptors (Lipinski definition) is 2. The monoisotopic (exact) mass is 233 g/mol. The van der Waals surface area contributed by atoms with E-state index in [9.17, 15) is 4.39 Å². The number of nitrogens with one attached hydrogen (secondary N) is 1. The van der Waals surface area contributed by atoms with Crippen LogP contribution in [0.5, 0.6) is 0 Å². The molecule has 2 aromatic rings. The maximum atomic E-state index is 12.9. The van der Waals surface area contributed by atoms with Crippen molar-refractivity contribution in [2.24, 2.45) is 0 Å². The Morgan fingerprint density at radius 1 is 1.18 bits per heavy atom. The molecule has 0 fully saturated rings. The van der Waals surface area contributed by atoms with Gasteiger partial charge in [-0.2, -0.15) is 0 Å². The first-order chi connectivity index (χ1) is 8.19. The van der Waals surface area contributed by atoms with Crippen molar-refractivity contribution in [3.63, 3.8) is 0 Å². The van der Waals surface area contributed by atoms with Crippen LogP contribution in [0.1, 0.15) is 24.0 Å². The number of aryl methyl sites for hydroxylation is 2. The third-order valence-corrected chi connectivity index (χ3v) is 2.71. The van der Waals surface area contributed by atoms with E-state index in [1.54, 1.807) is 6.07 Å². The van der Waals surface area contributed by atoms with Crippen LogP contribution in [0.25, 0.3) is 0 Å². The van der Waals surface area contributed by atoms with Crippen molar-refractivity contribution < 1.29 is 8.81 Å². The fraction of sp³-hybridized carbons (Fsp3) is 0.286. The summed E-state index contributed by atoms with van der Waals surface area (Å²) < 4.78 is 18.5. The zero-order chi connectivity index (χ0) is 12.3. The molecular weight excluding hydrogens is 217 g/mol. The zero-order valence-electron chi connectivity index (χ0n) is 10.1. The molecule has 0 saturated heterocycles. The molecule has 0 aliphatic carbocycles. The molecule has 0 atom stereocenters. The number of rotatable bonds is 4. The van der Waals surface area contributed by atoms with Crippen LogP contribution in [-0.4, -0.2) is 0 Å². The van der Waals surface area contributed by atoms with Crippen LogP contribution < -0.4 is 5.32 Å². The van der Waals surface area contributed by atoms with Crippen LogP contribution in [0.4, 0.5) is 10.1 Å². The highest BCUT2D eigenvalue weighted by Gasteiger charge is 2.02. The lowest BCUT2D eigenvalue weighted by Crippen LogP contribution is -2.00. The van der Waals surface area contributed by atoms with Gasteiger partial charge in [0.15, 0.2) is 0 Å². The topological polar surface area (TPSA) is 25.2 Å². The van der Waals surface area contributed by atoms with Crippen molar-refractivity contribution in [1.29, 1.82) is 0 Å². The van der Waals surface area contributed by atoms with Gasteiger partial charge in [-0.05, 0) is 42.8 Å². The summed E-state index contributed by atoms with van der Waals surface area (Å²) in [5, 5.41) is 3.23. The molecule has 0 aliphatic rings. The number of benzene rings is 1. The molecule has 0 saturated carbocycles. The van der Waals surface area contributed by atoms with Gasteiger partial charge < -0.3 is 9.73 Å². The normalized spacial score (nSPS) is 10.5. The summed E-state index contributed by atoms with van der Waals surface area (Å²) in [6, 6.07) is 8.66. The molecule has 1 aromatic heterocycles. The Hall–Kier alpha value is -1.77. The van der Waals surface area contributed by atoms with Gasteiger partial charge in [-0.15, -0.1) is 0 Å². The van der Waals surface area contributed by atoms with E-state index in [0.29, 0.717) is 6.54 Å². The summed E-state index contributed by atoms with van der Waals surface area (Å²) in [7, 11) is 0. The molecule has 0 bridgehead atoms. The Morgan fingerprint density at radius 2 is 1.94 bits per heavy atom. The molecule has 0 aliphatic heterocycles. The highest BCUT2D eigenvalue weighted by Crippen LogP contribution is 2.17. The fourth-order valence-electron chi connectivity index (χ4n) is 1.72. The van der Waals surface area contributed by atoms with Gasteiger partial charge in [-0.3, -0.25) is 0 Å². The first-order valence-corrected chi connectivity index (χ1v) is 5.76. The van der Waals surface area contributed by atoms with E-state index in [4.69, 9.17) is 4.42 Å². The van der Waals surface area contributed by atoms with E-state index in [-0.39, 0.29) is 5.82 Å². The Kier molecular flexibility index (Phi) is 3.47. The molecule has 0 amide bonds. The van der Waals surface area contributed by atoms with Gasteiger partial charge >= 0.3 is 0 Å². The lowest BCUT2D eigenvalue weighted by molar-refractivity contribution is 0.476. The van der Waals surface area contributed by atoms with Gasteiger partial charge in [0.1, 0.15) is 17.3 Å². The van der Waals surface area contributed by atoms with Crippen molar-refractivity contribution in [3.8, 4) is 0 Å². The molecular formula is C14H16FNO. The Morgan fingerprint density at radius 3 is 2.59 bits per heavy atom. The largest absolute Gasteiger partial charge is 0.464 e. The van der Waals surface area contributed by atoms with Crippen molar-refractivity contribution in [1.82, 2.24) is 0 Å². The summed E-state index contributed by atoms with van der Waals surface area (Å²) in [4.78, 5) is 0. The van der Waals surface area contributed by atoms with E-state index in [1.807, 2.05) is 19.1 Å². The molecule has 2 nitrogen and oxygen atoms in total. The standard InChI is InChI=1S/C14H16FNO/c1-3-12-5-6-13(17-12)9-16-14-7-4-11(15)8-10(14)2/h4-8,16H,3,9H2,1-2H3. The summed E-state index contributed by atoms with van der Waals surface area (Å²) in [6.07, 6.45) is 0.898. The Balaban J connectivity index is 2.02. The second kappa shape index (κ2) is 5.04. The lowest BCUT2D eigenvalue weighted by Gasteiger charge is -2.07. The molecule has 90 valence electrons. The van der Waals surface area contributed by atoms with Gasteiger partial charge in [-0.1, -0.05) is 6.92 Å². The average Bonchev–Trinajstić information content (AvgIpc) is 2.76. The van der Waals surface area contributed by atoms with Gasteiger partial charge in [0.2, 0.25) is 0 Å². The van der Waals surface area contributed by atoms with E-state index in [1.165, 1.54) is 12.1 Å². The number of furan rings is 1. The first-order valence-electron chi connectivity index (χ1n) is 5.76. The molecule has 0 unspecified atom stereocenters. The van der Waals surface area contributed by atoms with E-state index in [0.717, 1.165) is 29.2 Å². The number of hydrogen-bond donors (Lipinski definition) is 1. The van der Waals surface area contributed by atoms with Crippen molar-refractivity contribution in [2.45, 2.75) is 26.8 Å². The average molecular weight is 233 g/mol. The minimum Gasteiger partial charge on any atom is -0.464 e. The van der Waals surface area contributed by atoms with Crippen LogP contribution >= 0.6 is 0 Å². The predicted octanol–water partition coefficient (Wildman–Crippen LogP) is 3.90. The highest BCUT2D eigenvalue weighted by atomic mass is 19.1. The van der Waals surface area contributed by atoms with Crippen LogP contribution in [-0.2, 0) is 13.0 Å². The maximum absolute atomic E-state index is 12.9.